The number of amides is 1. The van der Waals surface area contributed by atoms with Gasteiger partial charge in [0.2, 0.25) is 5.91 Å². The van der Waals surface area contributed by atoms with Gasteiger partial charge in [-0.2, -0.15) is 0 Å². The van der Waals surface area contributed by atoms with E-state index in [9.17, 15) is 9.59 Å². The molecule has 1 aromatic carbocycles. The van der Waals surface area contributed by atoms with E-state index < -0.39 is 5.97 Å². The normalized spacial score (nSPS) is 10.4. The monoisotopic (exact) mass is 293 g/mol. The molecule has 0 radical (unpaired) electrons. The number of carbonyl (C=O) groups excluding carboxylic acids is 1. The molecule has 0 aromatic heterocycles. The molecule has 0 saturated heterocycles. The largest absolute Gasteiger partial charge is 0.481 e. The van der Waals surface area contributed by atoms with E-state index in [1.807, 2.05) is 19.1 Å². The van der Waals surface area contributed by atoms with Crippen molar-refractivity contribution in [3.63, 3.8) is 0 Å². The van der Waals surface area contributed by atoms with Gasteiger partial charge < -0.3 is 15.1 Å². The minimum absolute atomic E-state index is 0.0935. The second kappa shape index (κ2) is 9.13. The number of carboxylic acid groups (broad SMARTS) is 1. The van der Waals surface area contributed by atoms with Crippen molar-refractivity contribution in [3.8, 4) is 0 Å². The summed E-state index contributed by atoms with van der Waals surface area (Å²) in [4.78, 5) is 24.0. The number of benzene rings is 1. The Morgan fingerprint density at radius 1 is 1.10 bits per heavy atom. The minimum atomic E-state index is -0.939. The number of aliphatic hydroxyl groups excluding tert-OH is 1. The van der Waals surface area contributed by atoms with Crippen LogP contribution in [0.15, 0.2) is 24.3 Å². The Kier molecular flexibility index (Phi) is 7.46. The van der Waals surface area contributed by atoms with Crippen LogP contribution in [0.1, 0.15) is 30.4 Å². The number of hydrogen-bond acceptors (Lipinski definition) is 3. The minimum Gasteiger partial charge on any atom is -0.481 e. The Morgan fingerprint density at radius 2 is 1.76 bits per heavy atom. The van der Waals surface area contributed by atoms with Gasteiger partial charge in [0.15, 0.2) is 0 Å². The van der Waals surface area contributed by atoms with Crippen molar-refractivity contribution in [2.75, 3.05) is 19.7 Å². The number of nitrogens with zero attached hydrogens (tertiary/aromatic N) is 1. The first kappa shape index (κ1) is 17.2. The Bertz CT molecular complexity index is 456. The molecule has 2 N–H and O–H groups in total. The fourth-order valence-electron chi connectivity index (χ4n) is 2.07. The SMILES string of the molecule is Cc1ccc(CCCC(=O)N(CCO)CCC(=O)O)cc1. The third-order valence-electron chi connectivity index (χ3n) is 3.29. The number of aliphatic hydroxyl groups is 1. The fourth-order valence-corrected chi connectivity index (χ4v) is 2.07. The van der Waals surface area contributed by atoms with Crippen molar-refractivity contribution in [3.05, 3.63) is 35.4 Å². The van der Waals surface area contributed by atoms with Crippen molar-refractivity contribution in [1.82, 2.24) is 4.90 Å². The lowest BCUT2D eigenvalue weighted by Gasteiger charge is -2.20. The van der Waals surface area contributed by atoms with Gasteiger partial charge in [0.05, 0.1) is 13.0 Å². The highest BCUT2D eigenvalue weighted by molar-refractivity contribution is 5.77. The standard InChI is InChI=1S/C16H23NO4/c1-13-5-7-14(8-6-13)3-2-4-15(19)17(11-12-18)10-9-16(20)21/h5-8,18H,2-4,9-12H2,1H3,(H,20,21). The Morgan fingerprint density at radius 3 is 2.33 bits per heavy atom. The van der Waals surface area contributed by atoms with Gasteiger partial charge in [0.25, 0.3) is 0 Å². The molecule has 0 atom stereocenters. The summed E-state index contributed by atoms with van der Waals surface area (Å²) in [6, 6.07) is 8.19. The molecule has 0 fully saturated rings. The Hall–Kier alpha value is -1.88. The smallest absolute Gasteiger partial charge is 0.305 e. The van der Waals surface area contributed by atoms with Crippen LogP contribution < -0.4 is 0 Å². The lowest BCUT2D eigenvalue weighted by Crippen LogP contribution is -2.35. The predicted molar refractivity (Wildman–Crippen MR) is 80.0 cm³/mol. The lowest BCUT2D eigenvalue weighted by atomic mass is 10.1. The first-order valence-corrected chi connectivity index (χ1v) is 7.19. The van der Waals surface area contributed by atoms with Gasteiger partial charge >= 0.3 is 5.97 Å². The number of hydrogen-bond donors (Lipinski definition) is 2. The van der Waals surface area contributed by atoms with E-state index >= 15 is 0 Å². The van der Waals surface area contributed by atoms with Crippen LogP contribution in [-0.4, -0.2) is 46.7 Å². The zero-order valence-electron chi connectivity index (χ0n) is 12.4. The summed E-state index contributed by atoms with van der Waals surface area (Å²) >= 11 is 0. The van der Waals surface area contributed by atoms with Crippen molar-refractivity contribution in [1.29, 1.82) is 0 Å². The zero-order valence-corrected chi connectivity index (χ0v) is 12.4. The quantitative estimate of drug-likeness (QED) is 0.725. The molecule has 0 aliphatic rings. The summed E-state index contributed by atoms with van der Waals surface area (Å²) in [6.45, 7) is 2.22. The van der Waals surface area contributed by atoms with Gasteiger partial charge in [-0.25, -0.2) is 0 Å². The average Bonchev–Trinajstić information content (AvgIpc) is 2.45. The summed E-state index contributed by atoms with van der Waals surface area (Å²) in [5, 5.41) is 17.6. The summed E-state index contributed by atoms with van der Waals surface area (Å²) in [7, 11) is 0. The van der Waals surface area contributed by atoms with Crippen LogP contribution in [0.2, 0.25) is 0 Å². The summed E-state index contributed by atoms with van der Waals surface area (Å²) in [6.07, 6.45) is 1.81. The third-order valence-corrected chi connectivity index (χ3v) is 3.29. The van der Waals surface area contributed by atoms with E-state index in [1.165, 1.54) is 16.0 Å². The predicted octanol–water partition coefficient (Wildman–Crippen LogP) is 1.61. The van der Waals surface area contributed by atoms with Crippen molar-refractivity contribution in [2.24, 2.45) is 0 Å². The van der Waals surface area contributed by atoms with E-state index in [0.717, 1.165) is 12.8 Å². The van der Waals surface area contributed by atoms with Gasteiger partial charge in [0.1, 0.15) is 0 Å². The average molecular weight is 293 g/mol. The first-order valence-electron chi connectivity index (χ1n) is 7.19. The maximum Gasteiger partial charge on any atom is 0.305 e. The molecule has 1 amide bonds. The van der Waals surface area contributed by atoms with Gasteiger partial charge in [-0.15, -0.1) is 0 Å². The van der Waals surface area contributed by atoms with E-state index in [2.05, 4.69) is 12.1 Å². The number of carboxylic acids is 1. The molecule has 116 valence electrons. The summed E-state index contributed by atoms with van der Waals surface area (Å²) in [5.74, 6) is -1.04. The Labute approximate surface area is 125 Å². The summed E-state index contributed by atoms with van der Waals surface area (Å²) in [5.41, 5.74) is 2.39. The van der Waals surface area contributed by atoms with Crippen molar-refractivity contribution < 1.29 is 19.8 Å². The van der Waals surface area contributed by atoms with Crippen molar-refractivity contribution in [2.45, 2.75) is 32.6 Å². The first-order chi connectivity index (χ1) is 10.0. The molecule has 0 aliphatic heterocycles. The lowest BCUT2D eigenvalue weighted by molar-refractivity contribution is -0.138. The van der Waals surface area contributed by atoms with Crippen molar-refractivity contribution >= 4 is 11.9 Å². The molecular weight excluding hydrogens is 270 g/mol. The van der Waals surface area contributed by atoms with E-state index in [4.69, 9.17) is 10.2 Å². The molecular formula is C16H23NO4. The van der Waals surface area contributed by atoms with Crippen LogP contribution in [0.4, 0.5) is 0 Å². The molecule has 0 bridgehead atoms. The summed E-state index contributed by atoms with van der Waals surface area (Å²) < 4.78 is 0. The van der Waals surface area contributed by atoms with E-state index in [0.29, 0.717) is 6.42 Å². The molecule has 0 heterocycles. The second-order valence-electron chi connectivity index (χ2n) is 5.09. The molecule has 0 unspecified atom stereocenters. The highest BCUT2D eigenvalue weighted by Crippen LogP contribution is 2.08. The second-order valence-corrected chi connectivity index (χ2v) is 5.09. The van der Waals surface area contributed by atoms with Gasteiger partial charge in [-0.3, -0.25) is 9.59 Å². The highest BCUT2D eigenvalue weighted by Gasteiger charge is 2.13. The molecule has 5 nitrogen and oxygen atoms in total. The van der Waals surface area contributed by atoms with Gasteiger partial charge in [-0.1, -0.05) is 29.8 Å². The van der Waals surface area contributed by atoms with Crippen LogP contribution in [0.25, 0.3) is 0 Å². The third kappa shape index (κ3) is 6.90. The van der Waals surface area contributed by atoms with Gasteiger partial charge in [0, 0.05) is 19.5 Å². The molecule has 0 aliphatic carbocycles. The highest BCUT2D eigenvalue weighted by atomic mass is 16.4. The molecule has 0 saturated carbocycles. The van der Waals surface area contributed by atoms with Gasteiger partial charge in [-0.05, 0) is 25.3 Å². The number of aliphatic carboxylic acids is 1. The zero-order chi connectivity index (χ0) is 15.7. The molecule has 1 aromatic rings. The number of aryl methyl sites for hydroxylation is 2. The molecule has 5 heteroatoms. The Balaban J connectivity index is 2.38. The van der Waals surface area contributed by atoms with E-state index in [-0.39, 0.29) is 32.0 Å². The number of rotatable bonds is 9. The molecule has 21 heavy (non-hydrogen) atoms. The van der Waals surface area contributed by atoms with E-state index in [1.54, 1.807) is 0 Å². The molecule has 0 spiro atoms. The van der Waals surface area contributed by atoms with Crippen LogP contribution >= 0.6 is 0 Å². The van der Waals surface area contributed by atoms with Crippen LogP contribution in [-0.2, 0) is 16.0 Å². The van der Waals surface area contributed by atoms with Crippen LogP contribution in [0.5, 0.6) is 0 Å². The number of carbonyl (C=O) groups is 2. The maximum absolute atomic E-state index is 12.0. The maximum atomic E-state index is 12.0. The van der Waals surface area contributed by atoms with Crippen LogP contribution in [0.3, 0.4) is 0 Å². The molecule has 1 rings (SSSR count). The fraction of sp³-hybridized carbons (Fsp3) is 0.500. The topological polar surface area (TPSA) is 77.8 Å². The van der Waals surface area contributed by atoms with Crippen LogP contribution in [0, 0.1) is 6.92 Å².